The zero-order valence-corrected chi connectivity index (χ0v) is 14.9. The molecule has 2 aliphatic heterocycles. The van der Waals surface area contributed by atoms with Crippen LogP contribution in [0.3, 0.4) is 0 Å². The summed E-state index contributed by atoms with van der Waals surface area (Å²) in [7, 11) is -3.61. The van der Waals surface area contributed by atoms with Crippen molar-refractivity contribution in [2.45, 2.75) is 30.7 Å². The number of nitrogens with zero attached hydrogens (tertiary/aromatic N) is 2. The van der Waals surface area contributed by atoms with Crippen LogP contribution in [-0.2, 0) is 10.0 Å². The highest BCUT2D eigenvalue weighted by Gasteiger charge is 2.34. The Morgan fingerprint density at radius 3 is 2.56 bits per heavy atom. The third-order valence-electron chi connectivity index (χ3n) is 5.18. The summed E-state index contributed by atoms with van der Waals surface area (Å²) in [6.07, 6.45) is 1.34. The first-order valence-electron chi connectivity index (χ1n) is 8.58. The van der Waals surface area contributed by atoms with Gasteiger partial charge in [0.25, 0.3) is 5.91 Å². The molecular formula is C18H21N3O3S. The van der Waals surface area contributed by atoms with Gasteiger partial charge in [-0.1, -0.05) is 12.1 Å². The number of amides is 1. The van der Waals surface area contributed by atoms with Crippen molar-refractivity contribution in [1.82, 2.24) is 4.31 Å². The molecule has 2 heterocycles. The molecule has 1 fully saturated rings. The van der Waals surface area contributed by atoms with E-state index in [0.717, 1.165) is 11.1 Å². The molecule has 0 bridgehead atoms. The van der Waals surface area contributed by atoms with Crippen LogP contribution < -0.4 is 10.6 Å². The van der Waals surface area contributed by atoms with Gasteiger partial charge in [0.1, 0.15) is 0 Å². The molecule has 25 heavy (non-hydrogen) atoms. The first kappa shape index (κ1) is 16.5. The van der Waals surface area contributed by atoms with E-state index in [1.54, 1.807) is 35.2 Å². The zero-order valence-electron chi connectivity index (χ0n) is 14.1. The predicted octanol–water partition coefficient (Wildman–Crippen LogP) is 1.93. The number of nitrogens with two attached hydrogens (primary N) is 1. The smallest absolute Gasteiger partial charge is 0.258 e. The molecule has 1 saturated heterocycles. The molecule has 7 heteroatoms. The zero-order chi connectivity index (χ0) is 17.8. The Morgan fingerprint density at radius 2 is 1.88 bits per heavy atom. The van der Waals surface area contributed by atoms with E-state index < -0.39 is 10.0 Å². The van der Waals surface area contributed by atoms with Crippen LogP contribution in [0.2, 0.25) is 0 Å². The lowest BCUT2D eigenvalue weighted by Gasteiger charge is -2.29. The topological polar surface area (TPSA) is 83.7 Å². The van der Waals surface area contributed by atoms with Crippen LogP contribution in [0.4, 0.5) is 5.69 Å². The largest absolute Gasteiger partial charge is 0.328 e. The number of piperidine rings is 1. The minimum Gasteiger partial charge on any atom is -0.328 e. The molecule has 0 atom stereocenters. The van der Waals surface area contributed by atoms with Crippen molar-refractivity contribution in [1.29, 1.82) is 0 Å². The maximum Gasteiger partial charge on any atom is 0.258 e. The number of carbonyl (C=O) groups is 1. The van der Waals surface area contributed by atoms with Crippen molar-refractivity contribution in [3.05, 3.63) is 35.9 Å². The van der Waals surface area contributed by atoms with E-state index in [9.17, 15) is 13.2 Å². The van der Waals surface area contributed by atoms with E-state index in [1.165, 1.54) is 4.31 Å². The summed E-state index contributed by atoms with van der Waals surface area (Å²) >= 11 is 0. The van der Waals surface area contributed by atoms with E-state index in [4.69, 9.17) is 5.73 Å². The van der Waals surface area contributed by atoms with Crippen LogP contribution in [-0.4, -0.2) is 44.3 Å². The molecule has 0 aliphatic carbocycles. The second kappa shape index (κ2) is 5.79. The normalized spacial score (nSPS) is 19.1. The highest BCUT2D eigenvalue weighted by atomic mass is 32.2. The Labute approximate surface area is 147 Å². The third kappa shape index (κ3) is 2.38. The van der Waals surface area contributed by atoms with Gasteiger partial charge in [0, 0.05) is 42.0 Å². The van der Waals surface area contributed by atoms with Crippen molar-refractivity contribution in [2.75, 3.05) is 24.5 Å². The Bertz CT molecular complexity index is 963. The van der Waals surface area contributed by atoms with Crippen molar-refractivity contribution >= 4 is 32.4 Å². The first-order chi connectivity index (χ1) is 11.9. The lowest BCUT2D eigenvalue weighted by atomic mass is 10.1. The molecule has 132 valence electrons. The van der Waals surface area contributed by atoms with Gasteiger partial charge in [-0.2, -0.15) is 4.31 Å². The van der Waals surface area contributed by atoms with Crippen LogP contribution in [0.5, 0.6) is 0 Å². The summed E-state index contributed by atoms with van der Waals surface area (Å²) in [4.78, 5) is 14.5. The molecule has 2 aromatic carbocycles. The summed E-state index contributed by atoms with van der Waals surface area (Å²) in [5.74, 6) is -0.0680. The molecule has 6 nitrogen and oxygen atoms in total. The summed E-state index contributed by atoms with van der Waals surface area (Å²) < 4.78 is 27.8. The number of benzene rings is 2. The summed E-state index contributed by atoms with van der Waals surface area (Å²) in [6.45, 7) is 3.34. The van der Waals surface area contributed by atoms with E-state index in [0.29, 0.717) is 43.4 Å². The van der Waals surface area contributed by atoms with Crippen LogP contribution in [0.25, 0.3) is 10.8 Å². The molecule has 0 radical (unpaired) electrons. The lowest BCUT2D eigenvalue weighted by Crippen LogP contribution is -2.42. The molecule has 0 unspecified atom stereocenters. The molecule has 1 amide bonds. The molecule has 4 rings (SSSR count). The van der Waals surface area contributed by atoms with Crippen LogP contribution >= 0.6 is 0 Å². The van der Waals surface area contributed by atoms with Crippen molar-refractivity contribution in [3.8, 4) is 0 Å². The van der Waals surface area contributed by atoms with Gasteiger partial charge in [-0.15, -0.1) is 0 Å². The van der Waals surface area contributed by atoms with Gasteiger partial charge >= 0.3 is 0 Å². The fourth-order valence-electron chi connectivity index (χ4n) is 3.81. The fourth-order valence-corrected chi connectivity index (χ4v) is 5.47. The molecule has 2 aromatic rings. The Hall–Kier alpha value is -1.96. The average molecular weight is 359 g/mol. The lowest BCUT2D eigenvalue weighted by molar-refractivity contribution is 0.0994. The minimum atomic E-state index is -3.61. The van der Waals surface area contributed by atoms with Gasteiger partial charge < -0.3 is 10.6 Å². The van der Waals surface area contributed by atoms with Gasteiger partial charge in [-0.05, 0) is 38.0 Å². The van der Waals surface area contributed by atoms with Gasteiger partial charge in [0.15, 0.2) is 0 Å². The van der Waals surface area contributed by atoms with E-state index in [-0.39, 0.29) is 16.8 Å². The van der Waals surface area contributed by atoms with Gasteiger partial charge in [-0.3, -0.25) is 4.79 Å². The highest BCUT2D eigenvalue weighted by Crippen LogP contribution is 2.40. The second-order valence-electron chi connectivity index (χ2n) is 6.60. The highest BCUT2D eigenvalue weighted by molar-refractivity contribution is 7.89. The van der Waals surface area contributed by atoms with Crippen molar-refractivity contribution in [3.63, 3.8) is 0 Å². The van der Waals surface area contributed by atoms with Crippen molar-refractivity contribution in [2.24, 2.45) is 5.73 Å². The van der Waals surface area contributed by atoms with Crippen LogP contribution in [0, 0.1) is 0 Å². The van der Waals surface area contributed by atoms with E-state index >= 15 is 0 Å². The second-order valence-corrected chi connectivity index (χ2v) is 8.51. The average Bonchev–Trinajstić information content (AvgIpc) is 2.89. The van der Waals surface area contributed by atoms with Gasteiger partial charge in [0.2, 0.25) is 10.0 Å². The SMILES string of the molecule is CCN1C(=O)c2cccc3c(S(=O)(=O)N4CCC(N)CC4)ccc1c23. The molecule has 0 aromatic heterocycles. The number of hydrogen-bond acceptors (Lipinski definition) is 4. The quantitative estimate of drug-likeness (QED) is 0.908. The standard InChI is InChI=1S/C18H21N3O3S/c1-2-21-15-6-7-16(13-4-3-5-14(17(13)15)18(21)22)25(23,24)20-10-8-12(19)9-11-20/h3-7,12H,2,8-11,19H2,1H3. The molecule has 0 saturated carbocycles. The summed E-state index contributed by atoms with van der Waals surface area (Å²) in [5, 5.41) is 1.36. The minimum absolute atomic E-state index is 0.0648. The molecule has 0 spiro atoms. The van der Waals surface area contributed by atoms with E-state index in [1.807, 2.05) is 6.92 Å². The van der Waals surface area contributed by atoms with Crippen molar-refractivity contribution < 1.29 is 13.2 Å². The molecular weight excluding hydrogens is 338 g/mol. The summed E-state index contributed by atoms with van der Waals surface area (Å²) in [6, 6.07) is 8.76. The Balaban J connectivity index is 1.88. The number of rotatable bonds is 3. The monoisotopic (exact) mass is 359 g/mol. The Kier molecular flexibility index (Phi) is 3.82. The van der Waals surface area contributed by atoms with Gasteiger partial charge in [-0.25, -0.2) is 8.42 Å². The predicted molar refractivity (Wildman–Crippen MR) is 97.3 cm³/mol. The van der Waals surface area contributed by atoms with Crippen LogP contribution in [0.15, 0.2) is 35.2 Å². The fraction of sp³-hybridized carbons (Fsp3) is 0.389. The Morgan fingerprint density at radius 1 is 1.16 bits per heavy atom. The first-order valence-corrected chi connectivity index (χ1v) is 10.0. The summed E-state index contributed by atoms with van der Waals surface area (Å²) in [5.41, 5.74) is 7.26. The number of carbonyl (C=O) groups excluding carboxylic acids is 1. The van der Waals surface area contributed by atoms with Gasteiger partial charge in [0.05, 0.1) is 10.6 Å². The number of sulfonamides is 1. The maximum atomic E-state index is 13.2. The number of hydrogen-bond donors (Lipinski definition) is 1. The third-order valence-corrected chi connectivity index (χ3v) is 7.13. The molecule has 2 N–H and O–H groups in total. The van der Waals surface area contributed by atoms with E-state index in [2.05, 4.69) is 0 Å². The molecule has 2 aliphatic rings. The number of anilines is 1. The van der Waals surface area contributed by atoms with Crippen LogP contribution in [0.1, 0.15) is 30.1 Å². The maximum absolute atomic E-state index is 13.2.